The van der Waals surface area contributed by atoms with E-state index >= 15 is 0 Å². The molecule has 162 valence electrons. The van der Waals surface area contributed by atoms with Crippen LogP contribution in [-0.2, 0) is 15.0 Å². The molecule has 0 spiro atoms. The number of amides is 2. The van der Waals surface area contributed by atoms with Gasteiger partial charge in [0.05, 0.1) is 16.0 Å². The SMILES string of the molecule is CN1C(=O)C(C)(C)c2cc(-c3csc(NC(=O)/C=C/c4ccc([N+](=O)[O-])cc4)n3)ccc21. The zero-order valence-corrected chi connectivity index (χ0v) is 18.5. The Morgan fingerprint density at radius 1 is 1.22 bits per heavy atom. The number of rotatable bonds is 5. The fourth-order valence-corrected chi connectivity index (χ4v) is 4.34. The third kappa shape index (κ3) is 3.90. The molecule has 0 saturated heterocycles. The number of nitro groups is 1. The highest BCUT2D eigenvalue weighted by Crippen LogP contribution is 2.42. The van der Waals surface area contributed by atoms with Crippen molar-refractivity contribution < 1.29 is 14.5 Å². The number of non-ortho nitro benzene ring substituents is 1. The number of nitrogens with zero attached hydrogens (tertiary/aromatic N) is 3. The van der Waals surface area contributed by atoms with Gasteiger partial charge >= 0.3 is 0 Å². The van der Waals surface area contributed by atoms with E-state index in [4.69, 9.17) is 0 Å². The number of carbonyl (C=O) groups excluding carboxylic acids is 2. The van der Waals surface area contributed by atoms with E-state index in [1.165, 1.54) is 29.5 Å². The van der Waals surface area contributed by atoms with Gasteiger partial charge in [-0.3, -0.25) is 25.0 Å². The van der Waals surface area contributed by atoms with Crippen molar-refractivity contribution in [2.45, 2.75) is 19.3 Å². The summed E-state index contributed by atoms with van der Waals surface area (Å²) in [7, 11) is 1.77. The van der Waals surface area contributed by atoms with Crippen molar-refractivity contribution >= 4 is 45.7 Å². The molecule has 0 radical (unpaired) electrons. The number of thiazole rings is 1. The number of likely N-dealkylation sites (N-methyl/N-ethyl adjacent to an activating group) is 1. The van der Waals surface area contributed by atoms with Crippen LogP contribution in [-0.4, -0.2) is 28.8 Å². The molecule has 2 aromatic carbocycles. The van der Waals surface area contributed by atoms with E-state index in [0.717, 1.165) is 16.8 Å². The van der Waals surface area contributed by atoms with Crippen molar-refractivity contribution in [3.05, 3.63) is 75.2 Å². The number of hydrogen-bond donors (Lipinski definition) is 1. The highest BCUT2D eigenvalue weighted by molar-refractivity contribution is 7.14. The molecular weight excluding hydrogens is 428 g/mol. The monoisotopic (exact) mass is 448 g/mol. The van der Waals surface area contributed by atoms with Crippen molar-refractivity contribution in [2.75, 3.05) is 17.3 Å². The number of hydrogen-bond acceptors (Lipinski definition) is 6. The van der Waals surface area contributed by atoms with Crippen LogP contribution < -0.4 is 10.2 Å². The summed E-state index contributed by atoms with van der Waals surface area (Å²) in [5, 5.41) is 15.7. The predicted molar refractivity (Wildman–Crippen MR) is 125 cm³/mol. The van der Waals surface area contributed by atoms with Gasteiger partial charge in [-0.2, -0.15) is 0 Å². The number of fused-ring (bicyclic) bond motifs is 1. The third-order valence-electron chi connectivity index (χ3n) is 5.43. The lowest BCUT2D eigenvalue weighted by Gasteiger charge is -2.16. The zero-order valence-electron chi connectivity index (χ0n) is 17.7. The Morgan fingerprint density at radius 3 is 2.62 bits per heavy atom. The van der Waals surface area contributed by atoms with Gasteiger partial charge in [-0.05, 0) is 55.3 Å². The summed E-state index contributed by atoms with van der Waals surface area (Å²) in [4.78, 5) is 41.1. The molecule has 1 aromatic heterocycles. The van der Waals surface area contributed by atoms with Crippen LogP contribution in [0.25, 0.3) is 17.3 Å². The molecule has 8 nitrogen and oxygen atoms in total. The van der Waals surface area contributed by atoms with Crippen LogP contribution in [0.5, 0.6) is 0 Å². The Kier molecular flexibility index (Phi) is 5.35. The topological polar surface area (TPSA) is 105 Å². The molecule has 0 bridgehead atoms. The van der Waals surface area contributed by atoms with Crippen molar-refractivity contribution in [1.82, 2.24) is 4.98 Å². The molecule has 1 aliphatic heterocycles. The van der Waals surface area contributed by atoms with Gasteiger partial charge in [0, 0.05) is 41.9 Å². The Hall–Kier alpha value is -3.85. The van der Waals surface area contributed by atoms with Crippen LogP contribution in [0.2, 0.25) is 0 Å². The van der Waals surface area contributed by atoms with Gasteiger partial charge < -0.3 is 4.90 Å². The lowest BCUT2D eigenvalue weighted by Crippen LogP contribution is -2.33. The van der Waals surface area contributed by atoms with Crippen LogP contribution >= 0.6 is 11.3 Å². The lowest BCUT2D eigenvalue weighted by atomic mass is 9.85. The molecule has 0 unspecified atom stereocenters. The van der Waals surface area contributed by atoms with Gasteiger partial charge in [0.2, 0.25) is 11.8 Å². The maximum absolute atomic E-state index is 12.5. The van der Waals surface area contributed by atoms with E-state index < -0.39 is 10.3 Å². The van der Waals surface area contributed by atoms with Gasteiger partial charge in [0.25, 0.3) is 5.69 Å². The lowest BCUT2D eigenvalue weighted by molar-refractivity contribution is -0.384. The molecule has 0 fully saturated rings. The minimum atomic E-state index is -0.601. The smallest absolute Gasteiger partial charge is 0.269 e. The first-order valence-electron chi connectivity index (χ1n) is 9.79. The Labute approximate surface area is 188 Å². The van der Waals surface area contributed by atoms with E-state index in [1.54, 1.807) is 30.2 Å². The first-order valence-corrected chi connectivity index (χ1v) is 10.7. The minimum absolute atomic E-state index is 0.00660. The van der Waals surface area contributed by atoms with Gasteiger partial charge in [-0.25, -0.2) is 4.98 Å². The molecule has 3 aromatic rings. The summed E-state index contributed by atoms with van der Waals surface area (Å²) in [6, 6.07) is 11.7. The maximum atomic E-state index is 12.5. The van der Waals surface area contributed by atoms with Gasteiger partial charge in [-0.1, -0.05) is 6.07 Å². The van der Waals surface area contributed by atoms with E-state index in [0.29, 0.717) is 16.4 Å². The summed E-state index contributed by atoms with van der Waals surface area (Å²) in [5.74, 6) is -0.303. The van der Waals surface area contributed by atoms with Crippen LogP contribution in [0.1, 0.15) is 25.0 Å². The fraction of sp³-hybridized carbons (Fsp3) is 0.174. The number of aromatic nitrogens is 1. The highest BCUT2D eigenvalue weighted by atomic mass is 32.1. The minimum Gasteiger partial charge on any atom is -0.314 e. The highest BCUT2D eigenvalue weighted by Gasteiger charge is 2.42. The van der Waals surface area contributed by atoms with Gasteiger partial charge in [0.1, 0.15) is 0 Å². The molecule has 0 aliphatic carbocycles. The standard InChI is InChI=1S/C23H20N4O4S/c1-23(2)17-12-15(7-10-19(17)26(3)21(23)29)18-13-32-22(24-18)25-20(28)11-6-14-4-8-16(9-5-14)27(30)31/h4-13H,1-3H3,(H,24,25,28)/b11-6+. The van der Waals surface area contributed by atoms with Crippen molar-refractivity contribution in [1.29, 1.82) is 0 Å². The van der Waals surface area contributed by atoms with E-state index in [-0.39, 0.29) is 17.5 Å². The second-order valence-corrected chi connectivity index (χ2v) is 8.79. The Morgan fingerprint density at radius 2 is 1.94 bits per heavy atom. The second-order valence-electron chi connectivity index (χ2n) is 7.93. The van der Waals surface area contributed by atoms with Gasteiger partial charge in [0.15, 0.2) is 5.13 Å². The molecule has 0 saturated carbocycles. The number of carbonyl (C=O) groups is 2. The number of anilines is 2. The summed E-state index contributed by atoms with van der Waals surface area (Å²) < 4.78 is 0. The van der Waals surface area contributed by atoms with Crippen molar-refractivity contribution in [3.63, 3.8) is 0 Å². The fourth-order valence-electron chi connectivity index (χ4n) is 3.62. The first-order chi connectivity index (χ1) is 15.2. The van der Waals surface area contributed by atoms with Crippen LogP contribution in [0.3, 0.4) is 0 Å². The summed E-state index contributed by atoms with van der Waals surface area (Å²) in [6.45, 7) is 3.82. The molecule has 2 heterocycles. The van der Waals surface area contributed by atoms with E-state index in [1.807, 2.05) is 37.4 Å². The quantitative estimate of drug-likeness (QED) is 0.348. The second kappa shape index (κ2) is 8.01. The largest absolute Gasteiger partial charge is 0.314 e. The maximum Gasteiger partial charge on any atom is 0.269 e. The van der Waals surface area contributed by atoms with Crippen molar-refractivity contribution in [2.24, 2.45) is 0 Å². The van der Waals surface area contributed by atoms with E-state index in [2.05, 4.69) is 10.3 Å². The average molecular weight is 449 g/mol. The molecule has 1 N–H and O–H groups in total. The third-order valence-corrected chi connectivity index (χ3v) is 6.19. The zero-order chi connectivity index (χ0) is 23.0. The van der Waals surface area contributed by atoms with Crippen LogP contribution in [0, 0.1) is 10.1 Å². The molecule has 2 amide bonds. The molecule has 9 heteroatoms. The molecule has 0 atom stereocenters. The number of nitro benzene ring substituents is 1. The summed E-state index contributed by atoms with van der Waals surface area (Å²) in [5.41, 5.74) is 3.49. The number of benzene rings is 2. The van der Waals surface area contributed by atoms with E-state index in [9.17, 15) is 19.7 Å². The van der Waals surface area contributed by atoms with Crippen molar-refractivity contribution in [3.8, 4) is 11.3 Å². The molecular formula is C23H20N4O4S. The molecule has 32 heavy (non-hydrogen) atoms. The van der Waals surface area contributed by atoms with Gasteiger partial charge in [-0.15, -0.1) is 11.3 Å². The average Bonchev–Trinajstić information content (AvgIpc) is 3.30. The normalized spacial score (nSPS) is 14.6. The predicted octanol–water partition coefficient (Wildman–Crippen LogP) is 4.62. The van der Waals surface area contributed by atoms with Crippen LogP contribution in [0.4, 0.5) is 16.5 Å². The first kappa shape index (κ1) is 21.4. The Balaban J connectivity index is 1.47. The molecule has 1 aliphatic rings. The summed E-state index contributed by atoms with van der Waals surface area (Å²) in [6.07, 6.45) is 2.92. The molecule has 4 rings (SSSR count). The Bertz CT molecular complexity index is 1260. The number of nitrogens with one attached hydrogen (secondary N) is 1. The van der Waals surface area contributed by atoms with Crippen LogP contribution in [0.15, 0.2) is 53.9 Å². The summed E-state index contributed by atoms with van der Waals surface area (Å²) >= 11 is 1.30.